The van der Waals surface area contributed by atoms with Crippen molar-refractivity contribution in [2.75, 3.05) is 47.5 Å². The fourth-order valence-electron chi connectivity index (χ4n) is 6.83. The molecule has 0 spiro atoms. The highest BCUT2D eigenvalue weighted by Crippen LogP contribution is 2.38. The highest BCUT2D eigenvalue weighted by molar-refractivity contribution is 7.45. The van der Waals surface area contributed by atoms with Crippen LogP contribution in [-0.2, 0) is 32.7 Å². The van der Waals surface area contributed by atoms with E-state index in [4.69, 9.17) is 18.5 Å². The summed E-state index contributed by atoms with van der Waals surface area (Å²) in [6, 6.07) is 0. The normalized spacial score (nSPS) is 14.3. The van der Waals surface area contributed by atoms with Crippen LogP contribution in [0.4, 0.5) is 0 Å². The number of allylic oxidation sites excluding steroid dienone is 20. The fourth-order valence-corrected chi connectivity index (χ4v) is 7.55. The predicted molar refractivity (Wildman–Crippen MR) is 295 cm³/mol. The van der Waals surface area contributed by atoms with E-state index in [1.807, 2.05) is 21.1 Å². The predicted octanol–water partition coefficient (Wildman–Crippen LogP) is 16.2. The molecule has 0 bridgehead atoms. The van der Waals surface area contributed by atoms with Crippen LogP contribution in [0.2, 0.25) is 0 Å². The Hall–Kier alpha value is -3.59. The van der Waals surface area contributed by atoms with Crippen molar-refractivity contribution in [3.63, 3.8) is 0 Å². The molecule has 0 rings (SSSR count). The zero-order valence-electron chi connectivity index (χ0n) is 44.9. The fraction of sp³-hybridized carbons (Fsp3) is 0.633. The molecule has 2 unspecified atom stereocenters. The molecule has 0 aromatic heterocycles. The summed E-state index contributed by atoms with van der Waals surface area (Å²) in [5, 5.41) is 0. The van der Waals surface area contributed by atoms with Crippen molar-refractivity contribution in [2.45, 2.75) is 200 Å². The largest absolute Gasteiger partial charge is 0.756 e. The van der Waals surface area contributed by atoms with Gasteiger partial charge in [0, 0.05) is 12.8 Å². The van der Waals surface area contributed by atoms with Crippen molar-refractivity contribution in [1.82, 2.24) is 0 Å². The highest BCUT2D eigenvalue weighted by atomic mass is 31.2. The SMILES string of the molecule is CC/C=C\C/C=C\C/C=C\C/C=C\C/C=C\CCCCCCCCCC(=O)OCC(COP(=O)([O-])OCC[N+](C)(C)C)OC(=O)CCCCCCCCC/C=C\C/C=C\C/C=C\C/C=C\C/C=C\CC. The van der Waals surface area contributed by atoms with E-state index in [1.54, 1.807) is 0 Å². The second kappa shape index (κ2) is 50.4. The zero-order chi connectivity index (χ0) is 51.3. The molecular weight excluding hydrogens is 894 g/mol. The number of phosphoric ester groups is 1. The van der Waals surface area contributed by atoms with Gasteiger partial charge < -0.3 is 27.9 Å². The summed E-state index contributed by atoms with van der Waals surface area (Å²) in [6.45, 7) is 3.96. The van der Waals surface area contributed by atoms with E-state index in [9.17, 15) is 19.0 Å². The van der Waals surface area contributed by atoms with Crippen molar-refractivity contribution in [1.29, 1.82) is 0 Å². The summed E-state index contributed by atoms with van der Waals surface area (Å²) < 4.78 is 34.1. The van der Waals surface area contributed by atoms with E-state index < -0.39 is 32.5 Å². The van der Waals surface area contributed by atoms with Crippen LogP contribution in [0.5, 0.6) is 0 Å². The second-order valence-corrected chi connectivity index (χ2v) is 20.2. The van der Waals surface area contributed by atoms with E-state index in [1.165, 1.54) is 38.5 Å². The van der Waals surface area contributed by atoms with Gasteiger partial charge in [0.25, 0.3) is 7.82 Å². The monoisotopic (exact) mass is 994 g/mol. The van der Waals surface area contributed by atoms with Gasteiger partial charge in [-0.1, -0.05) is 200 Å². The van der Waals surface area contributed by atoms with E-state index in [0.29, 0.717) is 23.9 Å². The number of carbonyl (C=O) groups is 2. The highest BCUT2D eigenvalue weighted by Gasteiger charge is 2.21. The Morgan fingerprint density at radius 1 is 0.443 bits per heavy atom. The topological polar surface area (TPSA) is 111 Å². The Morgan fingerprint density at radius 2 is 0.771 bits per heavy atom. The van der Waals surface area contributed by atoms with Gasteiger partial charge in [-0.15, -0.1) is 0 Å². The van der Waals surface area contributed by atoms with Crippen LogP contribution in [0, 0.1) is 0 Å². The van der Waals surface area contributed by atoms with Gasteiger partial charge in [-0.25, -0.2) is 0 Å². The summed E-state index contributed by atoms with van der Waals surface area (Å²) in [4.78, 5) is 37.8. The number of quaternary nitrogens is 1. The van der Waals surface area contributed by atoms with E-state index in [0.717, 1.165) is 116 Å². The number of rotatable bonds is 48. The molecule has 398 valence electrons. The third-order valence-corrected chi connectivity index (χ3v) is 11.9. The van der Waals surface area contributed by atoms with E-state index in [2.05, 4.69) is 135 Å². The molecule has 0 N–H and O–H groups in total. The molecule has 9 nitrogen and oxygen atoms in total. The first kappa shape index (κ1) is 66.4. The molecule has 0 radical (unpaired) electrons. The molecule has 0 aliphatic carbocycles. The second-order valence-electron chi connectivity index (χ2n) is 18.8. The lowest BCUT2D eigenvalue weighted by atomic mass is 10.1. The number of nitrogens with zero attached hydrogens (tertiary/aromatic N) is 1. The zero-order valence-corrected chi connectivity index (χ0v) is 45.8. The maximum atomic E-state index is 12.8. The van der Waals surface area contributed by atoms with Crippen molar-refractivity contribution in [2.24, 2.45) is 0 Å². The van der Waals surface area contributed by atoms with Gasteiger partial charge in [-0.2, -0.15) is 0 Å². The lowest BCUT2D eigenvalue weighted by Crippen LogP contribution is -2.37. The molecule has 70 heavy (non-hydrogen) atoms. The van der Waals surface area contributed by atoms with Gasteiger partial charge in [0.05, 0.1) is 27.7 Å². The van der Waals surface area contributed by atoms with E-state index >= 15 is 0 Å². The first-order chi connectivity index (χ1) is 34.0. The third-order valence-electron chi connectivity index (χ3n) is 11.0. The summed E-state index contributed by atoms with van der Waals surface area (Å²) in [5.74, 6) is -0.869. The molecule has 0 fully saturated rings. The summed E-state index contributed by atoms with van der Waals surface area (Å²) in [7, 11) is 1.13. The average Bonchev–Trinajstić information content (AvgIpc) is 3.32. The van der Waals surface area contributed by atoms with Crippen molar-refractivity contribution in [3.05, 3.63) is 122 Å². The molecule has 0 heterocycles. The summed E-state index contributed by atoms with van der Waals surface area (Å²) >= 11 is 0. The summed E-state index contributed by atoms with van der Waals surface area (Å²) in [5.41, 5.74) is 0. The molecule has 0 aliphatic heterocycles. The molecule has 0 aromatic rings. The first-order valence-electron chi connectivity index (χ1n) is 27.2. The Morgan fingerprint density at radius 3 is 1.14 bits per heavy atom. The number of likely N-dealkylation sites (N-methyl/N-ethyl adjacent to an activating group) is 1. The van der Waals surface area contributed by atoms with Gasteiger partial charge in [0.2, 0.25) is 0 Å². The van der Waals surface area contributed by atoms with Crippen molar-refractivity contribution < 1.29 is 42.1 Å². The lowest BCUT2D eigenvalue weighted by molar-refractivity contribution is -0.870. The van der Waals surface area contributed by atoms with Crippen LogP contribution >= 0.6 is 7.82 Å². The number of unbranched alkanes of at least 4 members (excludes halogenated alkanes) is 14. The van der Waals surface area contributed by atoms with Gasteiger partial charge in [0.1, 0.15) is 19.8 Å². The van der Waals surface area contributed by atoms with Crippen LogP contribution in [0.25, 0.3) is 0 Å². The first-order valence-corrected chi connectivity index (χ1v) is 28.7. The number of phosphoric acid groups is 1. The number of hydrogen-bond donors (Lipinski definition) is 0. The Kier molecular flexibility index (Phi) is 47.8. The molecule has 0 aliphatic rings. The van der Waals surface area contributed by atoms with E-state index in [-0.39, 0.29) is 26.1 Å². The summed E-state index contributed by atoms with van der Waals surface area (Å²) in [6.07, 6.45) is 70.8. The number of hydrogen-bond acceptors (Lipinski definition) is 8. The van der Waals surface area contributed by atoms with Gasteiger partial charge in [0.15, 0.2) is 6.10 Å². The van der Waals surface area contributed by atoms with Crippen LogP contribution < -0.4 is 4.89 Å². The average molecular weight is 994 g/mol. The lowest BCUT2D eigenvalue weighted by Gasteiger charge is -2.28. The van der Waals surface area contributed by atoms with Gasteiger partial charge in [-0.05, 0) is 103 Å². The number of ether oxygens (including phenoxy) is 2. The van der Waals surface area contributed by atoms with Gasteiger partial charge >= 0.3 is 11.9 Å². The third kappa shape index (κ3) is 53.8. The van der Waals surface area contributed by atoms with Crippen molar-refractivity contribution >= 4 is 19.8 Å². The van der Waals surface area contributed by atoms with Crippen LogP contribution in [0.1, 0.15) is 194 Å². The number of esters is 2. The van der Waals surface area contributed by atoms with Crippen LogP contribution in [0.3, 0.4) is 0 Å². The Labute approximate surface area is 428 Å². The van der Waals surface area contributed by atoms with Gasteiger partial charge in [-0.3, -0.25) is 14.2 Å². The minimum atomic E-state index is -4.65. The Bertz CT molecular complexity index is 1590. The van der Waals surface area contributed by atoms with Crippen LogP contribution in [0.15, 0.2) is 122 Å². The molecular formula is C60H100NO8P. The standard InChI is InChI=1S/C60H100NO8P/c1-6-8-10-12-14-16-18-20-22-24-26-28-30-32-34-36-38-40-42-44-46-48-50-52-59(62)66-56-58(57-68-70(64,65)67-55-54-61(3,4)5)69-60(63)53-51-49-47-45-43-41-39-37-35-33-31-29-27-25-23-21-19-17-15-13-11-9-7-2/h8-11,14-17,20-23,26-29,32-35,58H,6-7,12-13,18-19,24-25,30-31,36-57H2,1-5H3/b10-8-,11-9-,16-14-,17-15-,22-20-,23-21-,28-26-,29-27-,34-32-,35-33-. The quantitative estimate of drug-likeness (QED) is 0.0195. The maximum absolute atomic E-state index is 12.8. The molecule has 0 amide bonds. The smallest absolute Gasteiger partial charge is 0.306 e. The molecule has 2 atom stereocenters. The van der Waals surface area contributed by atoms with Crippen molar-refractivity contribution in [3.8, 4) is 0 Å². The molecule has 0 saturated heterocycles. The molecule has 0 saturated carbocycles. The minimum Gasteiger partial charge on any atom is -0.756 e. The van der Waals surface area contributed by atoms with Crippen LogP contribution in [-0.4, -0.2) is 70.0 Å². The molecule has 10 heteroatoms. The molecule has 0 aromatic carbocycles. The maximum Gasteiger partial charge on any atom is 0.306 e. The number of carbonyl (C=O) groups excluding carboxylic acids is 2. The minimum absolute atomic E-state index is 0.0425. The Balaban J connectivity index is 4.30.